The Bertz CT molecular complexity index is 770. The molecule has 132 valence electrons. The van der Waals surface area contributed by atoms with Gasteiger partial charge in [0.25, 0.3) is 5.91 Å². The Hall–Kier alpha value is -2.14. The van der Waals surface area contributed by atoms with Gasteiger partial charge < -0.3 is 10.6 Å². The topological polar surface area (TPSA) is 58.2 Å². The zero-order valence-corrected chi connectivity index (χ0v) is 16.5. The van der Waals surface area contributed by atoms with Gasteiger partial charge in [0.1, 0.15) is 6.04 Å². The first-order valence-electron chi connectivity index (χ1n) is 8.22. The molecule has 2 aromatic rings. The summed E-state index contributed by atoms with van der Waals surface area (Å²) in [6.45, 7) is 7.76. The zero-order chi connectivity index (χ0) is 18.6. The van der Waals surface area contributed by atoms with Gasteiger partial charge in [0.15, 0.2) is 0 Å². The van der Waals surface area contributed by atoms with E-state index in [-0.39, 0.29) is 17.7 Å². The summed E-state index contributed by atoms with van der Waals surface area (Å²) < 4.78 is 0.813. The minimum absolute atomic E-state index is 0.0429. The number of amides is 2. The Morgan fingerprint density at radius 2 is 1.56 bits per heavy atom. The van der Waals surface area contributed by atoms with Crippen LogP contribution in [0.5, 0.6) is 0 Å². The van der Waals surface area contributed by atoms with Gasteiger partial charge in [-0.25, -0.2) is 0 Å². The van der Waals surface area contributed by atoms with E-state index in [9.17, 15) is 9.59 Å². The van der Waals surface area contributed by atoms with Crippen molar-refractivity contribution in [1.82, 2.24) is 5.32 Å². The lowest BCUT2D eigenvalue weighted by atomic mass is 10.0. The number of hydrogen-bond acceptors (Lipinski definition) is 2. The normalized spacial score (nSPS) is 11.9. The van der Waals surface area contributed by atoms with Crippen LogP contribution in [-0.4, -0.2) is 17.9 Å². The molecule has 0 spiro atoms. The van der Waals surface area contributed by atoms with Gasteiger partial charge in [-0.3, -0.25) is 9.59 Å². The highest BCUT2D eigenvalue weighted by atomic mass is 79.9. The standard InChI is InChI=1S/C20H23BrN2O2/c1-12(2)18(23-19(24)15-8-5-13(3)6-9-15)20(25)22-17-10-7-14(4)11-16(17)21/h5-12,18H,1-4H3,(H,22,25)(H,23,24). The van der Waals surface area contributed by atoms with Crippen LogP contribution in [0.3, 0.4) is 0 Å². The molecule has 2 amide bonds. The molecule has 0 saturated carbocycles. The SMILES string of the molecule is Cc1ccc(C(=O)NC(C(=O)Nc2ccc(C)cc2Br)C(C)C)cc1. The number of rotatable bonds is 5. The van der Waals surface area contributed by atoms with Crippen molar-refractivity contribution in [1.29, 1.82) is 0 Å². The molecule has 0 aromatic heterocycles. The number of anilines is 1. The molecule has 0 aliphatic heterocycles. The molecule has 1 atom stereocenters. The number of halogens is 1. The molecule has 25 heavy (non-hydrogen) atoms. The predicted octanol–water partition coefficient (Wildman–Crippen LogP) is 4.46. The maximum Gasteiger partial charge on any atom is 0.251 e. The van der Waals surface area contributed by atoms with E-state index in [1.807, 2.05) is 58.0 Å². The third-order valence-corrected chi connectivity index (χ3v) is 4.59. The van der Waals surface area contributed by atoms with Crippen molar-refractivity contribution in [3.05, 3.63) is 63.6 Å². The largest absolute Gasteiger partial charge is 0.340 e. The Morgan fingerprint density at radius 1 is 0.960 bits per heavy atom. The molecule has 2 aromatic carbocycles. The van der Waals surface area contributed by atoms with Gasteiger partial charge in [0.2, 0.25) is 5.91 Å². The Kier molecular flexibility index (Phi) is 6.37. The van der Waals surface area contributed by atoms with E-state index < -0.39 is 6.04 Å². The molecule has 0 radical (unpaired) electrons. The minimum Gasteiger partial charge on any atom is -0.340 e. The van der Waals surface area contributed by atoms with Crippen LogP contribution in [-0.2, 0) is 4.79 Å². The lowest BCUT2D eigenvalue weighted by Gasteiger charge is -2.22. The first-order valence-corrected chi connectivity index (χ1v) is 9.02. The molecule has 0 saturated heterocycles. The summed E-state index contributed by atoms with van der Waals surface area (Å²) in [5.41, 5.74) is 3.41. The summed E-state index contributed by atoms with van der Waals surface area (Å²) in [7, 11) is 0. The average Bonchev–Trinajstić information content (AvgIpc) is 2.55. The fourth-order valence-electron chi connectivity index (χ4n) is 2.40. The highest BCUT2D eigenvalue weighted by Gasteiger charge is 2.25. The zero-order valence-electron chi connectivity index (χ0n) is 14.9. The van der Waals surface area contributed by atoms with E-state index in [0.717, 1.165) is 15.6 Å². The van der Waals surface area contributed by atoms with Gasteiger partial charge in [0, 0.05) is 10.0 Å². The van der Waals surface area contributed by atoms with Gasteiger partial charge in [-0.15, -0.1) is 0 Å². The molecule has 0 fully saturated rings. The maximum absolute atomic E-state index is 12.7. The van der Waals surface area contributed by atoms with E-state index in [0.29, 0.717) is 11.3 Å². The fraction of sp³-hybridized carbons (Fsp3) is 0.300. The molecule has 0 heterocycles. The number of aryl methyl sites for hydroxylation is 2. The second-order valence-corrected chi connectivity index (χ2v) is 7.39. The molecule has 0 bridgehead atoms. The van der Waals surface area contributed by atoms with E-state index in [1.54, 1.807) is 12.1 Å². The van der Waals surface area contributed by atoms with Crippen LogP contribution in [0.1, 0.15) is 35.3 Å². The number of carbonyl (C=O) groups is 2. The second-order valence-electron chi connectivity index (χ2n) is 6.53. The molecule has 2 rings (SSSR count). The third kappa shape index (κ3) is 5.16. The molecule has 2 N–H and O–H groups in total. The van der Waals surface area contributed by atoms with Crippen LogP contribution in [0.15, 0.2) is 46.9 Å². The molecule has 4 nitrogen and oxygen atoms in total. The van der Waals surface area contributed by atoms with Crippen molar-refractivity contribution in [3.8, 4) is 0 Å². The van der Waals surface area contributed by atoms with E-state index in [4.69, 9.17) is 0 Å². The fourth-order valence-corrected chi connectivity index (χ4v) is 2.99. The van der Waals surface area contributed by atoms with Crippen LogP contribution in [0.4, 0.5) is 5.69 Å². The molecule has 0 aliphatic carbocycles. The Labute approximate surface area is 157 Å². The first-order chi connectivity index (χ1) is 11.8. The first kappa shape index (κ1) is 19.2. The summed E-state index contributed by atoms with van der Waals surface area (Å²) in [4.78, 5) is 25.1. The second kappa shape index (κ2) is 8.30. The van der Waals surface area contributed by atoms with Crippen molar-refractivity contribution >= 4 is 33.4 Å². The summed E-state index contributed by atoms with van der Waals surface area (Å²) in [5, 5.41) is 5.72. The number of nitrogens with one attached hydrogen (secondary N) is 2. The van der Waals surface area contributed by atoms with Crippen molar-refractivity contribution in [3.63, 3.8) is 0 Å². The van der Waals surface area contributed by atoms with Gasteiger partial charge in [-0.1, -0.05) is 37.6 Å². The van der Waals surface area contributed by atoms with E-state index >= 15 is 0 Å². The van der Waals surface area contributed by atoms with Crippen molar-refractivity contribution < 1.29 is 9.59 Å². The van der Waals surface area contributed by atoms with Gasteiger partial charge in [0.05, 0.1) is 5.69 Å². The van der Waals surface area contributed by atoms with Gasteiger partial charge in [-0.05, 0) is 65.5 Å². The Balaban J connectivity index is 2.12. The molecule has 1 unspecified atom stereocenters. The van der Waals surface area contributed by atoms with E-state index in [1.165, 1.54) is 0 Å². The Morgan fingerprint density at radius 3 is 2.12 bits per heavy atom. The van der Waals surface area contributed by atoms with Crippen LogP contribution in [0.2, 0.25) is 0 Å². The van der Waals surface area contributed by atoms with Crippen LogP contribution < -0.4 is 10.6 Å². The summed E-state index contributed by atoms with van der Waals surface area (Å²) >= 11 is 3.45. The minimum atomic E-state index is -0.623. The smallest absolute Gasteiger partial charge is 0.251 e. The van der Waals surface area contributed by atoms with Crippen molar-refractivity contribution in [2.24, 2.45) is 5.92 Å². The van der Waals surface area contributed by atoms with Crippen LogP contribution in [0, 0.1) is 19.8 Å². The molecule has 5 heteroatoms. The van der Waals surface area contributed by atoms with Crippen molar-refractivity contribution in [2.75, 3.05) is 5.32 Å². The highest BCUT2D eigenvalue weighted by Crippen LogP contribution is 2.24. The van der Waals surface area contributed by atoms with Crippen LogP contribution in [0.25, 0.3) is 0 Å². The molecular weight excluding hydrogens is 380 g/mol. The van der Waals surface area contributed by atoms with E-state index in [2.05, 4.69) is 26.6 Å². The summed E-state index contributed by atoms with van der Waals surface area (Å²) in [5.74, 6) is -0.532. The van der Waals surface area contributed by atoms with Crippen LogP contribution >= 0.6 is 15.9 Å². The third-order valence-electron chi connectivity index (χ3n) is 3.93. The van der Waals surface area contributed by atoms with Gasteiger partial charge >= 0.3 is 0 Å². The maximum atomic E-state index is 12.7. The lowest BCUT2D eigenvalue weighted by molar-refractivity contribution is -0.118. The van der Waals surface area contributed by atoms with Crippen molar-refractivity contribution in [2.45, 2.75) is 33.7 Å². The number of hydrogen-bond donors (Lipinski definition) is 2. The summed E-state index contributed by atoms with van der Waals surface area (Å²) in [6.07, 6.45) is 0. The summed E-state index contributed by atoms with van der Waals surface area (Å²) in [6, 6.07) is 12.4. The molecule has 0 aliphatic rings. The predicted molar refractivity (Wildman–Crippen MR) is 105 cm³/mol. The molecular formula is C20H23BrN2O2. The monoisotopic (exact) mass is 402 g/mol. The lowest BCUT2D eigenvalue weighted by Crippen LogP contribution is -2.47. The highest BCUT2D eigenvalue weighted by molar-refractivity contribution is 9.10. The number of carbonyl (C=O) groups excluding carboxylic acids is 2. The number of benzene rings is 2. The quantitative estimate of drug-likeness (QED) is 0.775. The van der Waals surface area contributed by atoms with Gasteiger partial charge in [-0.2, -0.15) is 0 Å². The average molecular weight is 403 g/mol.